The molecule has 35 heavy (non-hydrogen) atoms. The third kappa shape index (κ3) is 4.73. The molecule has 1 atom stereocenters. The van der Waals surface area contributed by atoms with E-state index in [9.17, 15) is 9.59 Å². The normalized spacial score (nSPS) is 21.6. The van der Waals surface area contributed by atoms with Gasteiger partial charge in [0.25, 0.3) is 5.91 Å². The molecule has 2 aromatic heterocycles. The summed E-state index contributed by atoms with van der Waals surface area (Å²) in [5.41, 5.74) is 2.21. The van der Waals surface area contributed by atoms with Gasteiger partial charge in [0.05, 0.1) is 12.1 Å². The first kappa shape index (κ1) is 24.0. The van der Waals surface area contributed by atoms with Crippen molar-refractivity contribution in [1.29, 1.82) is 0 Å². The van der Waals surface area contributed by atoms with Crippen molar-refractivity contribution in [3.05, 3.63) is 58.4 Å². The number of furan rings is 1. The third-order valence-corrected chi connectivity index (χ3v) is 7.96. The fraction of sp³-hybridized carbons (Fsp3) is 0.500. The quantitative estimate of drug-likeness (QED) is 0.480. The van der Waals surface area contributed by atoms with Crippen LogP contribution in [-0.4, -0.2) is 39.4 Å². The van der Waals surface area contributed by atoms with E-state index in [1.807, 2.05) is 54.8 Å². The number of hydrogen-bond acceptors (Lipinski definition) is 3. The first-order chi connectivity index (χ1) is 16.8. The fourth-order valence-electron chi connectivity index (χ4n) is 5.64. The van der Waals surface area contributed by atoms with Gasteiger partial charge in [-0.25, -0.2) is 0 Å². The molecule has 6 nitrogen and oxygen atoms in total. The van der Waals surface area contributed by atoms with E-state index >= 15 is 0 Å². The van der Waals surface area contributed by atoms with Crippen molar-refractivity contribution in [3.8, 4) is 0 Å². The van der Waals surface area contributed by atoms with Gasteiger partial charge in [0, 0.05) is 29.7 Å². The average Bonchev–Trinajstić information content (AvgIpc) is 3.33. The molecular weight excluding hydrogens is 462 g/mol. The van der Waals surface area contributed by atoms with E-state index < -0.39 is 5.54 Å². The highest BCUT2D eigenvalue weighted by atomic mass is 35.5. The average molecular weight is 496 g/mol. The Kier molecular flexibility index (Phi) is 6.67. The minimum absolute atomic E-state index is 0.0692. The predicted octanol–water partition coefficient (Wildman–Crippen LogP) is 5.88. The molecule has 1 saturated carbocycles. The summed E-state index contributed by atoms with van der Waals surface area (Å²) in [5.74, 6) is 0.591. The maximum atomic E-state index is 13.9. The zero-order valence-electron chi connectivity index (χ0n) is 20.6. The number of carbonyl (C=O) groups is 2. The van der Waals surface area contributed by atoms with E-state index in [-0.39, 0.29) is 17.9 Å². The Morgan fingerprint density at radius 1 is 1.11 bits per heavy atom. The number of benzene rings is 1. The summed E-state index contributed by atoms with van der Waals surface area (Å²) in [6.45, 7) is 4.65. The minimum Gasteiger partial charge on any atom is -0.460 e. The predicted molar refractivity (Wildman–Crippen MR) is 138 cm³/mol. The molecule has 2 aliphatic rings. The number of hydrogen-bond donors (Lipinski definition) is 1. The summed E-state index contributed by atoms with van der Waals surface area (Å²) in [6.07, 6.45) is 8.64. The standard InChI is InChI=1S/C28H34ClN3O3/c1-19-16-23-25(35-19)17-24-26(33)32(15-14-20-10-12-21(29)13-11-20)28(2,18-31(23)24)27(34)30-22-8-6-4-3-5-7-9-22/h10-13,16-17,22H,3-9,14-15,18H2,1-2H3,(H,30,34)/t28-/m0/s1. The zero-order valence-corrected chi connectivity index (χ0v) is 21.4. The first-order valence-electron chi connectivity index (χ1n) is 12.8. The van der Waals surface area contributed by atoms with Gasteiger partial charge in [0.1, 0.15) is 17.0 Å². The van der Waals surface area contributed by atoms with Crippen LogP contribution in [0.5, 0.6) is 0 Å². The fourth-order valence-corrected chi connectivity index (χ4v) is 5.77. The Balaban J connectivity index is 1.45. The maximum absolute atomic E-state index is 13.9. The smallest absolute Gasteiger partial charge is 0.271 e. The second-order valence-corrected chi connectivity index (χ2v) is 10.8. The van der Waals surface area contributed by atoms with Crippen molar-refractivity contribution in [2.24, 2.45) is 0 Å². The number of fused-ring (bicyclic) bond motifs is 3. The first-order valence-corrected chi connectivity index (χ1v) is 13.2. The second-order valence-electron chi connectivity index (χ2n) is 10.3. The molecule has 1 aliphatic carbocycles. The van der Waals surface area contributed by atoms with Gasteiger partial charge >= 0.3 is 0 Å². The molecule has 1 aromatic carbocycles. The van der Waals surface area contributed by atoms with Crippen molar-refractivity contribution in [2.45, 2.75) is 83.3 Å². The number of rotatable bonds is 5. The Morgan fingerprint density at radius 2 is 1.80 bits per heavy atom. The molecule has 1 aliphatic heterocycles. The number of aryl methyl sites for hydroxylation is 1. The molecule has 3 heterocycles. The van der Waals surface area contributed by atoms with Gasteiger partial charge < -0.3 is 19.2 Å². The van der Waals surface area contributed by atoms with Crippen LogP contribution >= 0.6 is 11.6 Å². The Hall–Kier alpha value is -2.73. The van der Waals surface area contributed by atoms with E-state index in [1.54, 1.807) is 4.90 Å². The van der Waals surface area contributed by atoms with E-state index in [1.165, 1.54) is 19.3 Å². The van der Waals surface area contributed by atoms with Gasteiger partial charge in [-0.05, 0) is 50.8 Å². The monoisotopic (exact) mass is 495 g/mol. The summed E-state index contributed by atoms with van der Waals surface area (Å²) in [7, 11) is 0. The van der Waals surface area contributed by atoms with Crippen LogP contribution in [0.15, 0.2) is 40.8 Å². The highest BCUT2D eigenvalue weighted by Gasteiger charge is 2.48. The lowest BCUT2D eigenvalue weighted by Crippen LogP contribution is -2.65. The number of amides is 2. The maximum Gasteiger partial charge on any atom is 0.271 e. The largest absolute Gasteiger partial charge is 0.460 e. The molecule has 3 aromatic rings. The number of nitrogens with one attached hydrogen (secondary N) is 1. The topological polar surface area (TPSA) is 67.5 Å². The third-order valence-electron chi connectivity index (χ3n) is 7.71. The molecule has 0 spiro atoms. The van der Waals surface area contributed by atoms with Crippen molar-refractivity contribution in [3.63, 3.8) is 0 Å². The Morgan fingerprint density at radius 3 is 2.51 bits per heavy atom. The van der Waals surface area contributed by atoms with E-state index in [0.717, 1.165) is 42.5 Å². The van der Waals surface area contributed by atoms with Crippen LogP contribution in [0.4, 0.5) is 0 Å². The molecule has 0 saturated heterocycles. The molecule has 0 bridgehead atoms. The molecular formula is C28H34ClN3O3. The van der Waals surface area contributed by atoms with E-state index in [4.69, 9.17) is 16.0 Å². The summed E-state index contributed by atoms with van der Waals surface area (Å²) in [6, 6.07) is 11.6. The zero-order chi connectivity index (χ0) is 24.6. The van der Waals surface area contributed by atoms with Gasteiger partial charge in [0.2, 0.25) is 5.91 Å². The molecule has 5 rings (SSSR count). The summed E-state index contributed by atoms with van der Waals surface area (Å²) in [4.78, 5) is 29.5. The lowest BCUT2D eigenvalue weighted by Gasteiger charge is -2.44. The van der Waals surface area contributed by atoms with Gasteiger partial charge in [-0.1, -0.05) is 55.8 Å². The molecule has 7 heteroatoms. The number of nitrogens with zero attached hydrogens (tertiary/aromatic N) is 2. The van der Waals surface area contributed by atoms with E-state index in [2.05, 4.69) is 5.32 Å². The molecule has 0 unspecified atom stereocenters. The highest BCUT2D eigenvalue weighted by molar-refractivity contribution is 6.30. The molecule has 186 valence electrons. The number of aromatic nitrogens is 1. The van der Waals surface area contributed by atoms with Crippen molar-refractivity contribution >= 4 is 34.5 Å². The molecule has 1 N–H and O–H groups in total. The van der Waals surface area contributed by atoms with Crippen LogP contribution in [0.25, 0.3) is 11.1 Å². The highest BCUT2D eigenvalue weighted by Crippen LogP contribution is 2.34. The Labute approximate surface area is 211 Å². The van der Waals surface area contributed by atoms with Crippen LogP contribution in [-0.2, 0) is 17.8 Å². The summed E-state index contributed by atoms with van der Waals surface area (Å²) < 4.78 is 7.78. The van der Waals surface area contributed by atoms with Crippen LogP contribution in [0, 0.1) is 6.92 Å². The van der Waals surface area contributed by atoms with Gasteiger partial charge in [-0.2, -0.15) is 0 Å². The summed E-state index contributed by atoms with van der Waals surface area (Å²) >= 11 is 6.05. The van der Waals surface area contributed by atoms with Crippen LogP contribution in [0.2, 0.25) is 5.02 Å². The van der Waals surface area contributed by atoms with Crippen LogP contribution in [0.3, 0.4) is 0 Å². The lowest BCUT2D eigenvalue weighted by molar-refractivity contribution is -0.133. The summed E-state index contributed by atoms with van der Waals surface area (Å²) in [5, 5.41) is 4.02. The van der Waals surface area contributed by atoms with Crippen molar-refractivity contribution in [2.75, 3.05) is 6.54 Å². The van der Waals surface area contributed by atoms with Crippen molar-refractivity contribution in [1.82, 2.24) is 14.8 Å². The van der Waals surface area contributed by atoms with Crippen LogP contribution < -0.4 is 5.32 Å². The number of halogens is 1. The lowest BCUT2D eigenvalue weighted by atomic mass is 9.91. The molecule has 1 fully saturated rings. The van der Waals surface area contributed by atoms with E-state index in [0.29, 0.717) is 35.8 Å². The Bertz CT molecular complexity index is 1220. The second kappa shape index (κ2) is 9.73. The van der Waals surface area contributed by atoms with Gasteiger partial charge in [-0.3, -0.25) is 9.59 Å². The SMILES string of the molecule is Cc1cc2c(cc3n2C[C@@](C)(C(=O)NC2CCCCCCC2)N(CCc2ccc(Cl)cc2)C3=O)o1. The molecule has 0 radical (unpaired) electrons. The van der Waals surface area contributed by atoms with Gasteiger partial charge in [-0.15, -0.1) is 0 Å². The van der Waals surface area contributed by atoms with Crippen LogP contribution in [0.1, 0.15) is 73.7 Å². The minimum atomic E-state index is -1.00. The van der Waals surface area contributed by atoms with Gasteiger partial charge in [0.15, 0.2) is 5.58 Å². The number of carbonyl (C=O) groups excluding carboxylic acids is 2. The van der Waals surface area contributed by atoms with Crippen molar-refractivity contribution < 1.29 is 14.0 Å². The molecule has 2 amide bonds.